The van der Waals surface area contributed by atoms with Gasteiger partial charge in [-0.2, -0.15) is 15.4 Å². The minimum atomic E-state index is -0.941. The van der Waals surface area contributed by atoms with E-state index in [1.807, 2.05) is 54.3 Å². The predicted octanol–water partition coefficient (Wildman–Crippen LogP) is 4.51. The lowest BCUT2D eigenvalue weighted by molar-refractivity contribution is -0.142. The molecule has 11 nitrogen and oxygen atoms in total. The summed E-state index contributed by atoms with van der Waals surface area (Å²) in [6.07, 6.45) is 5.85. The summed E-state index contributed by atoms with van der Waals surface area (Å²) in [4.78, 5) is 49.7. The maximum absolute atomic E-state index is 14.0. The number of hydrogen-bond acceptors (Lipinski definition) is 7. The number of ether oxygens (including phenoxy) is 1. The molecule has 0 bridgehead atoms. The first-order valence-corrected chi connectivity index (χ1v) is 16.8. The largest absolute Gasteiger partial charge is 0.436 e. The van der Waals surface area contributed by atoms with Crippen molar-refractivity contribution >= 4 is 33.9 Å². The van der Waals surface area contributed by atoms with E-state index in [1.54, 1.807) is 4.90 Å². The van der Waals surface area contributed by atoms with Gasteiger partial charge in [-0.3, -0.25) is 9.59 Å². The van der Waals surface area contributed by atoms with Gasteiger partial charge < -0.3 is 24.4 Å². The maximum Gasteiger partial charge on any atom is 0.410 e. The highest BCUT2D eigenvalue weighted by molar-refractivity contribution is 5.85. The summed E-state index contributed by atoms with van der Waals surface area (Å²) < 4.78 is 6.08. The molecule has 2 aromatic heterocycles. The Kier molecular flexibility index (Phi) is 8.75. The van der Waals surface area contributed by atoms with E-state index >= 15 is 0 Å². The zero-order chi connectivity index (χ0) is 31.6. The van der Waals surface area contributed by atoms with Gasteiger partial charge in [-0.1, -0.05) is 30.7 Å². The van der Waals surface area contributed by atoms with Crippen molar-refractivity contribution in [2.45, 2.75) is 76.4 Å². The van der Waals surface area contributed by atoms with E-state index in [0.29, 0.717) is 45.1 Å². The van der Waals surface area contributed by atoms with Gasteiger partial charge in [0.05, 0.1) is 0 Å². The predicted molar refractivity (Wildman–Crippen MR) is 176 cm³/mol. The molecule has 0 saturated carbocycles. The molecular weight excluding hydrogens is 582 g/mol. The number of amides is 2. The number of piperidine rings is 3. The molecule has 0 radical (unpaired) electrons. The van der Waals surface area contributed by atoms with Gasteiger partial charge in [-0.05, 0) is 99.2 Å². The fourth-order valence-corrected chi connectivity index (χ4v) is 7.68. The van der Waals surface area contributed by atoms with Crippen LogP contribution in [0.2, 0.25) is 0 Å². The third kappa shape index (κ3) is 6.38. The van der Waals surface area contributed by atoms with Crippen molar-refractivity contribution in [2.24, 2.45) is 0 Å². The highest BCUT2D eigenvalue weighted by Crippen LogP contribution is 2.29. The van der Waals surface area contributed by atoms with Crippen LogP contribution in [0.5, 0.6) is 0 Å². The first kappa shape index (κ1) is 30.4. The Morgan fingerprint density at radius 2 is 1.65 bits per heavy atom. The number of pyridine rings is 1. The molecule has 11 heteroatoms. The molecule has 4 aromatic rings. The zero-order valence-electron chi connectivity index (χ0n) is 26.5. The number of rotatable bonds is 6. The molecule has 2 amide bonds. The van der Waals surface area contributed by atoms with E-state index in [2.05, 4.69) is 25.3 Å². The second-order valence-corrected chi connectivity index (χ2v) is 13.2. The molecule has 1 atom stereocenters. The minimum Gasteiger partial charge on any atom is -0.436 e. The molecule has 46 heavy (non-hydrogen) atoms. The first-order valence-electron chi connectivity index (χ1n) is 16.8. The van der Waals surface area contributed by atoms with Gasteiger partial charge >= 0.3 is 6.09 Å². The van der Waals surface area contributed by atoms with Gasteiger partial charge in [-0.25, -0.2) is 4.79 Å². The van der Waals surface area contributed by atoms with Crippen molar-refractivity contribution in [1.29, 1.82) is 0 Å². The lowest BCUT2D eigenvalue weighted by Gasteiger charge is -2.41. The third-order valence-corrected chi connectivity index (χ3v) is 10.3. The van der Waals surface area contributed by atoms with Gasteiger partial charge in [0, 0.05) is 49.7 Å². The van der Waals surface area contributed by atoms with Crippen LogP contribution in [0, 0.1) is 6.92 Å². The minimum absolute atomic E-state index is 0.0493. The fourth-order valence-electron chi connectivity index (χ4n) is 7.68. The Labute approximate surface area is 268 Å². The van der Waals surface area contributed by atoms with Crippen molar-refractivity contribution < 1.29 is 14.3 Å². The third-order valence-electron chi connectivity index (χ3n) is 10.3. The number of carbonyl (C=O) groups is 2. The van der Waals surface area contributed by atoms with E-state index in [9.17, 15) is 14.4 Å². The molecule has 0 spiro atoms. The quantitative estimate of drug-likeness (QED) is 0.323. The number of nitrogens with zero attached hydrogens (tertiary/aromatic N) is 5. The summed E-state index contributed by atoms with van der Waals surface area (Å²) in [5.41, 5.74) is 4.84. The number of aryl methyl sites for hydroxylation is 1. The van der Waals surface area contributed by atoms with Crippen LogP contribution in [0.15, 0.2) is 47.3 Å². The molecule has 1 unspecified atom stereocenters. The summed E-state index contributed by atoms with van der Waals surface area (Å²) in [7, 11) is 0. The Hall–Kier alpha value is -4.25. The monoisotopic (exact) mass is 625 g/mol. The van der Waals surface area contributed by atoms with Crippen LogP contribution in [0.1, 0.15) is 67.6 Å². The molecule has 3 aliphatic heterocycles. The summed E-state index contributed by atoms with van der Waals surface area (Å²) in [5.74, 6) is -0.0888. The number of hydrogen-bond donors (Lipinski definition) is 2. The summed E-state index contributed by atoms with van der Waals surface area (Å²) in [5, 5.41) is 12.1. The summed E-state index contributed by atoms with van der Waals surface area (Å²) in [6, 6.07) is 14.2. The van der Waals surface area contributed by atoms with Crippen LogP contribution < -0.4 is 5.56 Å². The number of carbonyl (C=O) groups excluding carboxylic acids is 2. The second kappa shape index (κ2) is 13.2. The molecule has 2 aromatic carbocycles. The zero-order valence-corrected chi connectivity index (χ0v) is 26.5. The van der Waals surface area contributed by atoms with Gasteiger partial charge in [0.1, 0.15) is 11.0 Å². The number of aromatic nitrogens is 4. The molecule has 0 aliphatic carbocycles. The number of likely N-dealkylation sites (tertiary alicyclic amines) is 3. The number of fused-ring (bicyclic) bond motifs is 2. The number of aromatic amines is 2. The molecule has 7 rings (SSSR count). The van der Waals surface area contributed by atoms with Gasteiger partial charge in [-0.15, -0.1) is 0 Å². The first-order chi connectivity index (χ1) is 22.4. The second-order valence-electron chi connectivity index (χ2n) is 13.2. The van der Waals surface area contributed by atoms with Crippen molar-refractivity contribution in [3.63, 3.8) is 0 Å². The van der Waals surface area contributed by atoms with E-state index in [4.69, 9.17) is 4.74 Å². The molecule has 2 N–H and O–H groups in total. The number of para-hydroxylation sites is 1. The van der Waals surface area contributed by atoms with E-state index < -0.39 is 12.2 Å². The van der Waals surface area contributed by atoms with Gasteiger partial charge in [0.15, 0.2) is 6.10 Å². The van der Waals surface area contributed by atoms with Crippen LogP contribution >= 0.6 is 0 Å². The standard InChI is InChI=1S/C35H43N7O4/c1-23-19-24(20-30-32(23)38-39-37-30)21-31(34(44)41-17-11-27(12-18-41)40-13-5-2-6-14-40)46-35(45)42-15-9-25(10-16-42)28-22-26-7-3-4-8-29(26)36-33(28)43/h3-4,7-8,19-20,22,25,27,31H,2,5-6,9-18,21H2,1H3,(H,36,43)(H,37,38,39). The molecule has 3 fully saturated rings. The number of benzene rings is 2. The molecule has 5 heterocycles. The van der Waals surface area contributed by atoms with Crippen LogP contribution in [0.3, 0.4) is 0 Å². The highest BCUT2D eigenvalue weighted by atomic mass is 16.6. The van der Waals surface area contributed by atoms with E-state index in [1.165, 1.54) is 19.3 Å². The summed E-state index contributed by atoms with van der Waals surface area (Å²) >= 11 is 0. The highest BCUT2D eigenvalue weighted by Gasteiger charge is 2.35. The van der Waals surface area contributed by atoms with Crippen molar-refractivity contribution in [3.8, 4) is 0 Å². The lowest BCUT2D eigenvalue weighted by atomic mass is 9.89. The summed E-state index contributed by atoms with van der Waals surface area (Å²) in [6.45, 7) is 6.52. The van der Waals surface area contributed by atoms with Crippen LogP contribution in [-0.2, 0) is 16.0 Å². The Morgan fingerprint density at radius 1 is 0.913 bits per heavy atom. The van der Waals surface area contributed by atoms with Crippen molar-refractivity contribution in [3.05, 3.63) is 69.5 Å². The molecule has 3 saturated heterocycles. The van der Waals surface area contributed by atoms with Gasteiger partial charge in [0.2, 0.25) is 0 Å². The Balaban J connectivity index is 1.03. The van der Waals surface area contributed by atoms with Gasteiger partial charge in [0.25, 0.3) is 11.5 Å². The molecular formula is C35H43N7O4. The van der Waals surface area contributed by atoms with Crippen molar-refractivity contribution in [1.82, 2.24) is 35.1 Å². The molecule has 3 aliphatic rings. The average molecular weight is 626 g/mol. The normalized spacial score (nSPS) is 19.5. The number of nitrogens with one attached hydrogen (secondary N) is 2. The van der Waals surface area contributed by atoms with Crippen LogP contribution in [0.25, 0.3) is 21.9 Å². The smallest absolute Gasteiger partial charge is 0.410 e. The average Bonchev–Trinajstić information content (AvgIpc) is 3.57. The Bertz CT molecular complexity index is 1760. The number of H-pyrrole nitrogens is 2. The fraction of sp³-hybridized carbons (Fsp3) is 0.514. The Morgan fingerprint density at radius 3 is 2.43 bits per heavy atom. The molecule has 242 valence electrons. The van der Waals surface area contributed by atoms with E-state index in [0.717, 1.165) is 64.6 Å². The SMILES string of the molecule is Cc1cc(CC(OC(=O)N2CCC(c3cc4ccccc4[nH]c3=O)CC2)C(=O)N2CCC(N3CCCCC3)CC2)cc2n[nH]nc12. The topological polar surface area (TPSA) is 128 Å². The van der Waals surface area contributed by atoms with E-state index in [-0.39, 0.29) is 23.8 Å². The van der Waals surface area contributed by atoms with Crippen LogP contribution in [0.4, 0.5) is 4.79 Å². The lowest BCUT2D eigenvalue weighted by Crippen LogP contribution is -2.52. The van der Waals surface area contributed by atoms with Crippen LogP contribution in [-0.4, -0.2) is 98.5 Å². The van der Waals surface area contributed by atoms with Crippen molar-refractivity contribution in [2.75, 3.05) is 39.3 Å². The maximum atomic E-state index is 14.0.